The first-order chi connectivity index (χ1) is 8.33. The molecule has 0 fully saturated rings. The zero-order valence-electron chi connectivity index (χ0n) is 9.62. The van der Waals surface area contributed by atoms with Crippen molar-refractivity contribution in [1.82, 2.24) is 15.0 Å². The first kappa shape index (κ1) is 9.96. The highest BCUT2D eigenvalue weighted by molar-refractivity contribution is 5.90. The monoisotopic (exact) mass is 226 g/mol. The molecule has 1 aromatic carbocycles. The molecule has 0 aliphatic rings. The first-order valence-electron chi connectivity index (χ1n) is 5.63. The molecule has 2 aromatic heterocycles. The van der Waals surface area contributed by atoms with E-state index in [-0.39, 0.29) is 0 Å². The van der Waals surface area contributed by atoms with Gasteiger partial charge in [-0.15, -0.1) is 0 Å². The van der Waals surface area contributed by atoms with Crippen molar-refractivity contribution in [3.8, 4) is 0 Å². The van der Waals surface area contributed by atoms with Crippen molar-refractivity contribution in [1.29, 1.82) is 0 Å². The van der Waals surface area contributed by atoms with Crippen LogP contribution in [0.1, 0.15) is 11.5 Å². The van der Waals surface area contributed by atoms with Gasteiger partial charge in [0.1, 0.15) is 5.82 Å². The number of aryl methyl sites for hydroxylation is 1. The Labute approximate surface area is 99.1 Å². The average Bonchev–Trinajstić information content (AvgIpc) is 2.94. The van der Waals surface area contributed by atoms with Crippen LogP contribution >= 0.6 is 0 Å². The lowest BCUT2D eigenvalue weighted by molar-refractivity contribution is 0.993. The normalized spacial score (nSPS) is 10.9. The van der Waals surface area contributed by atoms with Gasteiger partial charge in [-0.1, -0.05) is 12.1 Å². The van der Waals surface area contributed by atoms with E-state index in [0.717, 1.165) is 22.7 Å². The zero-order valence-corrected chi connectivity index (χ0v) is 9.62. The quantitative estimate of drug-likeness (QED) is 0.643. The Morgan fingerprint density at radius 3 is 3.06 bits per heavy atom. The lowest BCUT2D eigenvalue weighted by Gasteiger charge is -2.05. The summed E-state index contributed by atoms with van der Waals surface area (Å²) >= 11 is 0. The molecule has 0 amide bonds. The van der Waals surface area contributed by atoms with Crippen LogP contribution in [-0.2, 0) is 6.54 Å². The molecule has 0 radical (unpaired) electrons. The minimum Gasteiger partial charge on any atom is -0.376 e. The van der Waals surface area contributed by atoms with Crippen LogP contribution in [0.4, 0.5) is 5.69 Å². The minimum absolute atomic E-state index is 0.700. The van der Waals surface area contributed by atoms with Crippen LogP contribution in [0.5, 0.6) is 0 Å². The van der Waals surface area contributed by atoms with Gasteiger partial charge in [0.2, 0.25) is 0 Å². The highest BCUT2D eigenvalue weighted by Gasteiger charge is 2.02. The van der Waals surface area contributed by atoms with Gasteiger partial charge in [-0.2, -0.15) is 0 Å². The third kappa shape index (κ3) is 1.89. The molecule has 86 valence electrons. The number of fused-ring (bicyclic) bond motifs is 1. The van der Waals surface area contributed by atoms with Crippen molar-refractivity contribution in [2.24, 2.45) is 0 Å². The van der Waals surface area contributed by atoms with E-state index in [1.54, 1.807) is 0 Å². The number of benzene rings is 1. The minimum atomic E-state index is 0.700. The standard InChI is InChI=1S/C13H14N4/c1-9-7-16-12(17-9)8-15-11-4-2-3-10-5-6-14-13(10)11/h2-7,14-15H,8H2,1H3,(H,16,17). The summed E-state index contributed by atoms with van der Waals surface area (Å²) in [5.74, 6) is 0.950. The molecule has 3 rings (SSSR count). The first-order valence-corrected chi connectivity index (χ1v) is 5.63. The summed E-state index contributed by atoms with van der Waals surface area (Å²) in [5, 5.41) is 4.59. The Bertz CT molecular complexity index is 635. The Kier molecular flexibility index (Phi) is 2.33. The largest absolute Gasteiger partial charge is 0.376 e. The Balaban J connectivity index is 1.83. The van der Waals surface area contributed by atoms with Gasteiger partial charge in [-0.05, 0) is 19.1 Å². The van der Waals surface area contributed by atoms with Crippen LogP contribution in [-0.4, -0.2) is 15.0 Å². The fraction of sp³-hybridized carbons (Fsp3) is 0.154. The molecule has 0 saturated heterocycles. The molecule has 2 heterocycles. The van der Waals surface area contributed by atoms with Gasteiger partial charge in [-0.25, -0.2) is 4.98 Å². The summed E-state index contributed by atoms with van der Waals surface area (Å²) in [6.45, 7) is 2.70. The lowest BCUT2D eigenvalue weighted by Crippen LogP contribution is -2.01. The van der Waals surface area contributed by atoms with E-state index in [9.17, 15) is 0 Å². The van der Waals surface area contributed by atoms with Gasteiger partial charge in [0.15, 0.2) is 0 Å². The molecular formula is C13H14N4. The van der Waals surface area contributed by atoms with Crippen molar-refractivity contribution in [3.63, 3.8) is 0 Å². The summed E-state index contributed by atoms with van der Waals surface area (Å²) in [7, 11) is 0. The summed E-state index contributed by atoms with van der Waals surface area (Å²) in [4.78, 5) is 10.7. The van der Waals surface area contributed by atoms with E-state index < -0.39 is 0 Å². The Hall–Kier alpha value is -2.23. The SMILES string of the molecule is Cc1cnc(CNc2cccc3cc[nH]c23)[nH]1. The van der Waals surface area contributed by atoms with Crippen molar-refractivity contribution < 1.29 is 0 Å². The van der Waals surface area contributed by atoms with Gasteiger partial charge >= 0.3 is 0 Å². The number of hydrogen-bond acceptors (Lipinski definition) is 2. The number of aromatic nitrogens is 3. The molecule has 4 nitrogen and oxygen atoms in total. The van der Waals surface area contributed by atoms with Crippen LogP contribution in [0.3, 0.4) is 0 Å². The van der Waals surface area contributed by atoms with Crippen molar-refractivity contribution in [2.45, 2.75) is 13.5 Å². The topological polar surface area (TPSA) is 56.5 Å². The van der Waals surface area contributed by atoms with Crippen LogP contribution in [0.15, 0.2) is 36.7 Å². The van der Waals surface area contributed by atoms with Gasteiger partial charge in [0.05, 0.1) is 17.7 Å². The number of H-pyrrole nitrogens is 2. The van der Waals surface area contributed by atoms with Crippen molar-refractivity contribution in [2.75, 3.05) is 5.32 Å². The van der Waals surface area contributed by atoms with Crippen molar-refractivity contribution >= 4 is 16.6 Å². The highest BCUT2D eigenvalue weighted by atomic mass is 15.0. The van der Waals surface area contributed by atoms with E-state index in [0.29, 0.717) is 6.54 Å². The second kappa shape index (κ2) is 3.97. The van der Waals surface area contributed by atoms with E-state index in [1.807, 2.05) is 25.4 Å². The summed E-state index contributed by atoms with van der Waals surface area (Å²) in [6.07, 6.45) is 3.79. The number of nitrogens with zero attached hydrogens (tertiary/aromatic N) is 1. The molecule has 0 saturated carbocycles. The van der Waals surface area contributed by atoms with E-state index in [1.165, 1.54) is 5.39 Å². The molecular weight excluding hydrogens is 212 g/mol. The molecule has 0 atom stereocenters. The molecule has 0 bridgehead atoms. The second-order valence-corrected chi connectivity index (χ2v) is 4.11. The van der Waals surface area contributed by atoms with E-state index in [4.69, 9.17) is 0 Å². The fourth-order valence-electron chi connectivity index (χ4n) is 1.97. The zero-order chi connectivity index (χ0) is 11.7. The van der Waals surface area contributed by atoms with E-state index >= 15 is 0 Å². The second-order valence-electron chi connectivity index (χ2n) is 4.11. The maximum atomic E-state index is 4.27. The summed E-state index contributed by atoms with van der Waals surface area (Å²) in [6, 6.07) is 8.27. The molecule has 0 spiro atoms. The maximum absolute atomic E-state index is 4.27. The molecule has 0 unspecified atom stereocenters. The van der Waals surface area contributed by atoms with Crippen LogP contribution in [0, 0.1) is 6.92 Å². The molecule has 4 heteroatoms. The van der Waals surface area contributed by atoms with Crippen LogP contribution < -0.4 is 5.32 Å². The number of para-hydroxylation sites is 1. The predicted octanol–water partition coefficient (Wildman–Crippen LogP) is 2.81. The van der Waals surface area contributed by atoms with Gasteiger partial charge in [0, 0.05) is 23.5 Å². The summed E-state index contributed by atoms with van der Waals surface area (Å²) < 4.78 is 0. The van der Waals surface area contributed by atoms with Gasteiger partial charge in [0.25, 0.3) is 0 Å². The van der Waals surface area contributed by atoms with Gasteiger partial charge in [-0.3, -0.25) is 0 Å². The third-order valence-electron chi connectivity index (χ3n) is 2.79. The summed E-state index contributed by atoms with van der Waals surface area (Å²) in [5.41, 5.74) is 3.32. The van der Waals surface area contributed by atoms with Gasteiger partial charge < -0.3 is 15.3 Å². The van der Waals surface area contributed by atoms with Crippen LogP contribution in [0.2, 0.25) is 0 Å². The van der Waals surface area contributed by atoms with E-state index in [2.05, 4.69) is 38.5 Å². The molecule has 17 heavy (non-hydrogen) atoms. The number of imidazole rings is 1. The number of nitrogens with one attached hydrogen (secondary N) is 3. The number of anilines is 1. The molecule has 0 aliphatic heterocycles. The third-order valence-corrected chi connectivity index (χ3v) is 2.79. The molecule has 3 N–H and O–H groups in total. The number of aromatic amines is 2. The maximum Gasteiger partial charge on any atom is 0.125 e. The lowest BCUT2D eigenvalue weighted by atomic mass is 10.2. The smallest absolute Gasteiger partial charge is 0.125 e. The Morgan fingerprint density at radius 2 is 2.24 bits per heavy atom. The molecule has 3 aromatic rings. The fourth-order valence-corrected chi connectivity index (χ4v) is 1.97. The number of rotatable bonds is 3. The van der Waals surface area contributed by atoms with Crippen LogP contribution in [0.25, 0.3) is 10.9 Å². The Morgan fingerprint density at radius 1 is 1.29 bits per heavy atom. The molecule has 0 aliphatic carbocycles. The highest BCUT2D eigenvalue weighted by Crippen LogP contribution is 2.21. The average molecular weight is 226 g/mol. The number of hydrogen-bond donors (Lipinski definition) is 3. The van der Waals surface area contributed by atoms with Crippen molar-refractivity contribution in [3.05, 3.63) is 48.2 Å². The predicted molar refractivity (Wildman–Crippen MR) is 69.0 cm³/mol.